The van der Waals surface area contributed by atoms with E-state index in [2.05, 4.69) is 4.72 Å². The molecule has 7 heteroatoms. The molecule has 0 aliphatic carbocycles. The lowest BCUT2D eigenvalue weighted by atomic mass is 10.1. The number of nitrogens with one attached hydrogen (secondary N) is 1. The van der Waals surface area contributed by atoms with E-state index in [0.29, 0.717) is 18.8 Å². The highest BCUT2D eigenvalue weighted by molar-refractivity contribution is 7.97. The van der Waals surface area contributed by atoms with Crippen LogP contribution in [0.2, 0.25) is 0 Å². The number of methoxy groups -OCH3 is 1. The molecule has 0 spiro atoms. The largest absolute Gasteiger partial charge is 0.478 e. The fraction of sp³-hybridized carbons (Fsp3) is 0.714. The predicted octanol–water partition coefficient (Wildman–Crippen LogP) is -0.529. The first kappa shape index (κ1) is 11.4. The lowest BCUT2D eigenvalue weighted by Gasteiger charge is -2.33. The highest BCUT2D eigenvalue weighted by Crippen LogP contribution is 2.25. The van der Waals surface area contributed by atoms with Crippen molar-refractivity contribution in [3.63, 3.8) is 0 Å². The quantitative estimate of drug-likeness (QED) is 0.476. The molecule has 80 valence electrons. The van der Waals surface area contributed by atoms with Gasteiger partial charge in [-0.3, -0.25) is 0 Å². The Labute approximate surface area is 85.7 Å². The van der Waals surface area contributed by atoms with E-state index < -0.39 is 11.7 Å². The Morgan fingerprint density at radius 2 is 2.57 bits per heavy atom. The van der Waals surface area contributed by atoms with E-state index in [9.17, 15) is 9.59 Å². The van der Waals surface area contributed by atoms with Crippen molar-refractivity contribution in [1.29, 1.82) is 0 Å². The summed E-state index contributed by atoms with van der Waals surface area (Å²) >= 11 is 1.38. The Kier molecular flexibility index (Phi) is 3.87. The maximum atomic E-state index is 11.1. The van der Waals surface area contributed by atoms with Gasteiger partial charge in [0.2, 0.25) is 5.72 Å². The average Bonchev–Trinajstić information content (AvgIpc) is 2.66. The molecule has 1 rings (SSSR count). The molecule has 0 aromatic rings. The Morgan fingerprint density at radius 1 is 1.86 bits per heavy atom. The topological polar surface area (TPSA) is 78.9 Å². The molecule has 1 aliphatic rings. The van der Waals surface area contributed by atoms with Crippen molar-refractivity contribution in [1.82, 2.24) is 9.62 Å². The summed E-state index contributed by atoms with van der Waals surface area (Å²) in [6.07, 6.45) is 0.377. The molecule has 2 N–H and O–H groups in total. The van der Waals surface area contributed by atoms with E-state index in [4.69, 9.17) is 9.84 Å². The van der Waals surface area contributed by atoms with Crippen LogP contribution >= 0.6 is 11.9 Å². The van der Waals surface area contributed by atoms with Crippen molar-refractivity contribution >= 4 is 24.2 Å². The Bertz CT molecular complexity index is 232. The highest BCUT2D eigenvalue weighted by Gasteiger charge is 2.45. The first-order chi connectivity index (χ1) is 6.67. The van der Waals surface area contributed by atoms with Crippen molar-refractivity contribution < 1.29 is 19.4 Å². The van der Waals surface area contributed by atoms with E-state index in [1.165, 1.54) is 19.1 Å². The van der Waals surface area contributed by atoms with Gasteiger partial charge in [0.05, 0.1) is 19.0 Å². The summed E-state index contributed by atoms with van der Waals surface area (Å²) in [5.41, 5.74) is -1.53. The van der Waals surface area contributed by atoms with Gasteiger partial charge in [0.1, 0.15) is 6.29 Å². The monoisotopic (exact) mass is 220 g/mol. The smallest absolute Gasteiger partial charge is 0.352 e. The zero-order chi connectivity index (χ0) is 10.6. The molecule has 1 heterocycles. The summed E-state index contributed by atoms with van der Waals surface area (Å²) in [5.74, 6) is -0.662. The molecular weight excluding hydrogens is 208 g/mol. The molecule has 0 aromatic heterocycles. The van der Waals surface area contributed by atoms with Crippen LogP contribution in [0.15, 0.2) is 0 Å². The van der Waals surface area contributed by atoms with Crippen molar-refractivity contribution in [3.05, 3.63) is 0 Å². The molecule has 1 saturated heterocycles. The van der Waals surface area contributed by atoms with Crippen LogP contribution in [0, 0.1) is 0 Å². The average molecular weight is 220 g/mol. The van der Waals surface area contributed by atoms with Crippen LogP contribution in [0.1, 0.15) is 6.42 Å². The summed E-state index contributed by atoms with van der Waals surface area (Å²) in [7, 11) is 1.29. The van der Waals surface area contributed by atoms with E-state index in [-0.39, 0.29) is 6.42 Å². The second-order valence-electron chi connectivity index (χ2n) is 2.78. The number of carboxylic acid groups (broad SMARTS) is 1. The lowest BCUT2D eigenvalue weighted by molar-refractivity contribution is -0.189. The minimum atomic E-state index is -1.53. The van der Waals surface area contributed by atoms with Crippen LogP contribution in [0.3, 0.4) is 0 Å². The van der Waals surface area contributed by atoms with E-state index in [1.807, 2.05) is 0 Å². The fourth-order valence-electron chi connectivity index (χ4n) is 1.29. The van der Waals surface area contributed by atoms with Crippen LogP contribution < -0.4 is 4.72 Å². The second kappa shape index (κ2) is 4.74. The normalized spacial score (nSPS) is 21.8. The summed E-state index contributed by atoms with van der Waals surface area (Å²) in [6, 6.07) is 0. The van der Waals surface area contributed by atoms with Crippen LogP contribution in [-0.2, 0) is 14.3 Å². The van der Waals surface area contributed by atoms with Gasteiger partial charge >= 0.3 is 5.97 Å². The minimum absolute atomic E-state index is 0.179. The van der Waals surface area contributed by atoms with Gasteiger partial charge in [-0.2, -0.15) is 0 Å². The molecule has 14 heavy (non-hydrogen) atoms. The summed E-state index contributed by atoms with van der Waals surface area (Å²) in [5, 5.41) is 9.05. The van der Waals surface area contributed by atoms with Crippen molar-refractivity contribution in [3.8, 4) is 0 Å². The third-order valence-electron chi connectivity index (χ3n) is 2.12. The van der Waals surface area contributed by atoms with Gasteiger partial charge < -0.3 is 14.6 Å². The van der Waals surface area contributed by atoms with Gasteiger partial charge in [-0.1, -0.05) is 11.9 Å². The molecule has 0 saturated carbocycles. The van der Waals surface area contributed by atoms with Crippen LogP contribution in [0.25, 0.3) is 0 Å². The van der Waals surface area contributed by atoms with Crippen LogP contribution in [0.5, 0.6) is 0 Å². The zero-order valence-electron chi connectivity index (χ0n) is 7.73. The summed E-state index contributed by atoms with van der Waals surface area (Å²) in [6.45, 7) is 0.388. The van der Waals surface area contributed by atoms with Crippen molar-refractivity contribution in [2.75, 3.05) is 19.7 Å². The number of carbonyl (C=O) groups excluding carboxylic acids is 1. The molecule has 0 bridgehead atoms. The summed E-state index contributed by atoms with van der Waals surface area (Å²) in [4.78, 5) is 23.1. The van der Waals surface area contributed by atoms with E-state index in [1.54, 1.807) is 4.90 Å². The molecular formula is C7H12N2O4S. The number of hydrogen-bond donors (Lipinski definition) is 2. The standard InChI is InChI=1S/C7H12N2O4S/c1-13-7(2-3-10,6(11)12)9-4-8-14-5-9/h3,8H,2,4-5H2,1H3,(H,11,12). The number of aldehydes is 1. The van der Waals surface area contributed by atoms with E-state index in [0.717, 1.165) is 0 Å². The van der Waals surface area contributed by atoms with Gasteiger partial charge in [-0.15, -0.1) is 0 Å². The highest BCUT2D eigenvalue weighted by atomic mass is 32.2. The minimum Gasteiger partial charge on any atom is -0.478 e. The molecule has 0 radical (unpaired) electrons. The molecule has 6 nitrogen and oxygen atoms in total. The zero-order valence-corrected chi connectivity index (χ0v) is 8.54. The third-order valence-corrected chi connectivity index (χ3v) is 2.89. The number of hydrogen-bond acceptors (Lipinski definition) is 6. The first-order valence-corrected chi connectivity index (χ1v) is 4.98. The molecule has 1 atom stereocenters. The number of nitrogens with zero attached hydrogens (tertiary/aromatic N) is 1. The molecule has 1 unspecified atom stereocenters. The van der Waals surface area contributed by atoms with Crippen molar-refractivity contribution in [2.45, 2.75) is 12.1 Å². The third kappa shape index (κ3) is 1.90. The van der Waals surface area contributed by atoms with Crippen molar-refractivity contribution in [2.24, 2.45) is 0 Å². The van der Waals surface area contributed by atoms with Gasteiger partial charge in [-0.05, 0) is 0 Å². The summed E-state index contributed by atoms with van der Waals surface area (Å²) < 4.78 is 7.87. The maximum Gasteiger partial charge on any atom is 0.352 e. The molecule has 0 amide bonds. The predicted molar refractivity (Wildman–Crippen MR) is 50.4 cm³/mol. The molecule has 0 aromatic carbocycles. The maximum absolute atomic E-state index is 11.1. The molecule has 1 fully saturated rings. The molecule has 1 aliphatic heterocycles. The Hall–Kier alpha value is -0.630. The second-order valence-corrected chi connectivity index (χ2v) is 3.62. The SMILES string of the molecule is COC(CC=O)(C(=O)O)N1CNSC1. The Balaban J connectivity index is 2.86. The van der Waals surface area contributed by atoms with Gasteiger partial charge in [0.25, 0.3) is 0 Å². The number of rotatable bonds is 5. The van der Waals surface area contributed by atoms with Crippen LogP contribution in [0.4, 0.5) is 0 Å². The number of carbonyl (C=O) groups is 2. The van der Waals surface area contributed by atoms with Gasteiger partial charge in [0.15, 0.2) is 0 Å². The Morgan fingerprint density at radius 3 is 2.93 bits per heavy atom. The number of aliphatic carboxylic acids is 1. The van der Waals surface area contributed by atoms with Gasteiger partial charge in [0, 0.05) is 7.11 Å². The number of carboxylic acids is 1. The van der Waals surface area contributed by atoms with E-state index >= 15 is 0 Å². The first-order valence-electron chi connectivity index (χ1n) is 3.99. The fourth-order valence-corrected chi connectivity index (χ4v) is 2.08. The van der Waals surface area contributed by atoms with Crippen LogP contribution in [-0.4, -0.2) is 47.6 Å². The number of ether oxygens (including phenoxy) is 1. The van der Waals surface area contributed by atoms with Gasteiger partial charge in [-0.25, -0.2) is 14.4 Å². The lowest BCUT2D eigenvalue weighted by Crippen LogP contribution is -2.55.